The molecule has 0 N–H and O–H groups in total. The first-order valence-electron chi connectivity index (χ1n) is 9.06. The summed E-state index contributed by atoms with van der Waals surface area (Å²) in [5.41, 5.74) is 5.06. The minimum atomic E-state index is 0.543. The molecule has 0 aliphatic heterocycles. The topological polar surface area (TPSA) is 12.9 Å². The highest BCUT2D eigenvalue weighted by Crippen LogP contribution is 2.34. The lowest BCUT2D eigenvalue weighted by molar-refractivity contribution is 0.735. The zero-order valence-corrected chi connectivity index (χ0v) is 15.6. The molecule has 0 aliphatic carbocycles. The smallest absolute Gasteiger partial charge is 0.0783 e. The van der Waals surface area contributed by atoms with Crippen molar-refractivity contribution in [3.05, 3.63) is 65.9 Å². The maximum absolute atomic E-state index is 4.70. The van der Waals surface area contributed by atoms with Gasteiger partial charge in [0.05, 0.1) is 5.69 Å². The van der Waals surface area contributed by atoms with Crippen molar-refractivity contribution in [2.75, 3.05) is 0 Å². The number of pyridine rings is 1. The highest BCUT2D eigenvalue weighted by Gasteiger charge is 2.14. The van der Waals surface area contributed by atoms with Gasteiger partial charge in [-0.1, -0.05) is 76.1 Å². The van der Waals surface area contributed by atoms with E-state index in [-0.39, 0.29) is 0 Å². The van der Waals surface area contributed by atoms with Gasteiger partial charge in [0.1, 0.15) is 0 Å². The Labute approximate surface area is 146 Å². The van der Waals surface area contributed by atoms with Crippen LogP contribution >= 0.6 is 0 Å². The van der Waals surface area contributed by atoms with Gasteiger partial charge in [-0.25, -0.2) is 0 Å². The predicted molar refractivity (Wildman–Crippen MR) is 107 cm³/mol. The third-order valence-electron chi connectivity index (χ3n) is 4.28. The quantitative estimate of drug-likeness (QED) is 0.500. The number of aryl methyl sites for hydroxylation is 1. The van der Waals surface area contributed by atoms with E-state index < -0.39 is 0 Å². The van der Waals surface area contributed by atoms with Crippen molar-refractivity contribution in [1.29, 1.82) is 0 Å². The summed E-state index contributed by atoms with van der Waals surface area (Å²) in [4.78, 5) is 4.70. The Kier molecular flexibility index (Phi) is 6.54. The molecule has 0 radical (unpaired) electrons. The Hall–Kier alpha value is -2.15. The van der Waals surface area contributed by atoms with Crippen molar-refractivity contribution >= 4 is 10.8 Å². The van der Waals surface area contributed by atoms with Gasteiger partial charge in [0.25, 0.3) is 0 Å². The van der Waals surface area contributed by atoms with Gasteiger partial charge in [-0.15, -0.1) is 0 Å². The van der Waals surface area contributed by atoms with Crippen molar-refractivity contribution in [3.63, 3.8) is 0 Å². The van der Waals surface area contributed by atoms with Gasteiger partial charge in [-0.3, -0.25) is 4.98 Å². The normalized spacial score (nSPS) is 11.7. The van der Waals surface area contributed by atoms with Crippen LogP contribution in [0.4, 0.5) is 0 Å². The molecule has 1 atom stereocenters. The van der Waals surface area contributed by atoms with Crippen LogP contribution in [0.3, 0.4) is 0 Å². The summed E-state index contributed by atoms with van der Waals surface area (Å²) in [6.07, 6.45) is 4.31. The predicted octanol–water partition coefficient (Wildman–Crippen LogP) is 7.14. The van der Waals surface area contributed by atoms with Gasteiger partial charge in [0.15, 0.2) is 0 Å². The zero-order valence-electron chi connectivity index (χ0n) is 15.6. The maximum Gasteiger partial charge on any atom is 0.0783 e. The van der Waals surface area contributed by atoms with Crippen molar-refractivity contribution in [3.8, 4) is 11.3 Å². The van der Waals surface area contributed by atoms with Gasteiger partial charge in [0, 0.05) is 17.1 Å². The van der Waals surface area contributed by atoms with Crippen LogP contribution in [0.15, 0.2) is 54.7 Å². The van der Waals surface area contributed by atoms with E-state index in [9.17, 15) is 0 Å². The third kappa shape index (κ3) is 4.03. The second-order valence-corrected chi connectivity index (χ2v) is 6.49. The molecule has 1 nitrogen and oxygen atoms in total. The van der Waals surface area contributed by atoms with E-state index in [2.05, 4.69) is 83.1 Å². The number of hydrogen-bond acceptors (Lipinski definition) is 1. The molecule has 3 aromatic rings. The number of fused-ring (bicyclic) bond motifs is 1. The summed E-state index contributed by atoms with van der Waals surface area (Å²) < 4.78 is 0. The largest absolute Gasteiger partial charge is 0.256 e. The first-order valence-corrected chi connectivity index (χ1v) is 9.06. The lowest BCUT2D eigenvalue weighted by Gasteiger charge is -2.16. The molecule has 0 spiro atoms. The van der Waals surface area contributed by atoms with Crippen LogP contribution in [0.5, 0.6) is 0 Å². The molecule has 0 amide bonds. The first kappa shape index (κ1) is 18.2. The second kappa shape index (κ2) is 8.63. The fourth-order valence-corrected chi connectivity index (χ4v) is 2.86. The van der Waals surface area contributed by atoms with Gasteiger partial charge < -0.3 is 0 Å². The fourth-order valence-electron chi connectivity index (χ4n) is 2.86. The summed E-state index contributed by atoms with van der Waals surface area (Å²) in [6, 6.07) is 17.3. The van der Waals surface area contributed by atoms with Gasteiger partial charge >= 0.3 is 0 Å². The van der Waals surface area contributed by atoms with Crippen LogP contribution in [-0.2, 0) is 0 Å². The summed E-state index contributed by atoms with van der Waals surface area (Å²) >= 11 is 0. The molecule has 1 aromatic heterocycles. The second-order valence-electron chi connectivity index (χ2n) is 6.49. The fraction of sp³-hybridized carbons (Fsp3) is 0.348. The van der Waals surface area contributed by atoms with E-state index in [1.807, 2.05) is 6.20 Å². The standard InChI is InChI=1S/C20H21N.C3H8/c1-4-15(3)17-10-9-14(2)13-19(17)20-18-8-6-5-7-16(18)11-12-21-20;1-3-2/h5-13,15H,4H2,1-3H3;3H2,1-2H3. The summed E-state index contributed by atoms with van der Waals surface area (Å²) in [5, 5.41) is 2.48. The number of hydrogen-bond donors (Lipinski definition) is 0. The van der Waals surface area contributed by atoms with Crippen LogP contribution in [0.1, 0.15) is 57.6 Å². The minimum absolute atomic E-state index is 0.543. The minimum Gasteiger partial charge on any atom is -0.256 e. The van der Waals surface area contributed by atoms with E-state index in [1.54, 1.807) is 0 Å². The summed E-state index contributed by atoms with van der Waals surface area (Å²) in [6.45, 7) is 10.9. The van der Waals surface area contributed by atoms with E-state index in [4.69, 9.17) is 4.98 Å². The van der Waals surface area contributed by atoms with E-state index >= 15 is 0 Å². The average Bonchev–Trinajstić information content (AvgIpc) is 2.61. The van der Waals surface area contributed by atoms with E-state index in [1.165, 1.54) is 33.9 Å². The molecule has 0 bridgehead atoms. The van der Waals surface area contributed by atoms with Crippen LogP contribution in [0.25, 0.3) is 22.0 Å². The number of rotatable bonds is 3. The van der Waals surface area contributed by atoms with Gasteiger partial charge in [-0.2, -0.15) is 0 Å². The number of nitrogens with zero attached hydrogens (tertiary/aromatic N) is 1. The van der Waals surface area contributed by atoms with E-state index in [0.29, 0.717) is 5.92 Å². The molecule has 0 saturated heterocycles. The average molecular weight is 319 g/mol. The molecular formula is C23H29N. The molecule has 24 heavy (non-hydrogen) atoms. The van der Waals surface area contributed by atoms with Gasteiger partial charge in [0.2, 0.25) is 0 Å². The summed E-state index contributed by atoms with van der Waals surface area (Å²) in [7, 11) is 0. The Morgan fingerprint density at radius 2 is 1.67 bits per heavy atom. The lowest BCUT2D eigenvalue weighted by Crippen LogP contribution is -1.98. The molecule has 126 valence electrons. The van der Waals surface area contributed by atoms with E-state index in [0.717, 1.165) is 12.1 Å². The Balaban J connectivity index is 0.000000647. The van der Waals surface area contributed by atoms with Crippen LogP contribution in [-0.4, -0.2) is 4.98 Å². The molecule has 0 aliphatic rings. The van der Waals surface area contributed by atoms with Crippen LogP contribution < -0.4 is 0 Å². The number of benzene rings is 2. The Morgan fingerprint density at radius 1 is 0.958 bits per heavy atom. The van der Waals surface area contributed by atoms with Crippen molar-refractivity contribution in [2.45, 2.75) is 53.4 Å². The maximum atomic E-state index is 4.70. The Morgan fingerprint density at radius 3 is 2.38 bits per heavy atom. The van der Waals surface area contributed by atoms with Crippen molar-refractivity contribution < 1.29 is 0 Å². The molecular weight excluding hydrogens is 290 g/mol. The van der Waals surface area contributed by atoms with Crippen LogP contribution in [0.2, 0.25) is 0 Å². The molecule has 2 aromatic carbocycles. The Bertz CT molecular complexity index is 784. The van der Waals surface area contributed by atoms with Crippen molar-refractivity contribution in [2.24, 2.45) is 0 Å². The summed E-state index contributed by atoms with van der Waals surface area (Å²) in [5.74, 6) is 0.543. The third-order valence-corrected chi connectivity index (χ3v) is 4.28. The monoisotopic (exact) mass is 319 g/mol. The SMILES string of the molecule is CCC.CCC(C)c1ccc(C)cc1-c1nccc2ccccc12. The highest BCUT2D eigenvalue weighted by molar-refractivity contribution is 5.95. The molecule has 0 fully saturated rings. The van der Waals surface area contributed by atoms with Gasteiger partial charge in [-0.05, 0) is 42.3 Å². The first-order chi connectivity index (χ1) is 11.6. The lowest BCUT2D eigenvalue weighted by atomic mass is 9.89. The number of aromatic nitrogens is 1. The molecule has 3 rings (SSSR count). The highest BCUT2D eigenvalue weighted by atomic mass is 14.7. The molecule has 1 heterocycles. The zero-order chi connectivity index (χ0) is 17.5. The molecule has 0 saturated carbocycles. The van der Waals surface area contributed by atoms with Crippen LogP contribution in [0, 0.1) is 6.92 Å². The van der Waals surface area contributed by atoms with Crippen molar-refractivity contribution in [1.82, 2.24) is 4.98 Å². The molecule has 1 heteroatoms. The molecule has 1 unspecified atom stereocenters.